The molecule has 0 aliphatic rings. The van der Waals surface area contributed by atoms with Crippen LogP contribution in [0.4, 0.5) is 11.5 Å². The molecule has 24 heavy (non-hydrogen) atoms. The van der Waals surface area contributed by atoms with Gasteiger partial charge in [0, 0.05) is 17.4 Å². The fraction of sp³-hybridized carbons (Fsp3) is 0.0667. The van der Waals surface area contributed by atoms with E-state index in [-0.39, 0.29) is 0 Å². The van der Waals surface area contributed by atoms with Crippen molar-refractivity contribution in [1.29, 1.82) is 0 Å². The zero-order valence-electron chi connectivity index (χ0n) is 12.6. The van der Waals surface area contributed by atoms with Gasteiger partial charge in [-0.25, -0.2) is 9.97 Å². The van der Waals surface area contributed by atoms with E-state index >= 15 is 0 Å². The molecule has 0 fully saturated rings. The Bertz CT molecular complexity index is 1030. The predicted octanol–water partition coefficient (Wildman–Crippen LogP) is 1.80. The number of nitrogens with zero attached hydrogens (tertiary/aromatic N) is 6. The highest BCUT2D eigenvalue weighted by Crippen LogP contribution is 2.26. The number of aldehydes is 1. The third kappa shape index (κ3) is 2.28. The molecule has 0 saturated heterocycles. The average molecular weight is 320 g/mol. The fourth-order valence-electron chi connectivity index (χ4n) is 2.50. The van der Waals surface area contributed by atoms with Crippen molar-refractivity contribution in [2.24, 2.45) is 0 Å². The molecule has 9 heteroatoms. The molecule has 0 unspecified atom stereocenters. The maximum absolute atomic E-state index is 11.2. The number of hydrogen-bond acceptors (Lipinski definition) is 7. The van der Waals surface area contributed by atoms with Crippen molar-refractivity contribution in [3.63, 3.8) is 0 Å². The van der Waals surface area contributed by atoms with Crippen LogP contribution >= 0.6 is 0 Å². The van der Waals surface area contributed by atoms with Crippen molar-refractivity contribution in [2.75, 3.05) is 5.32 Å². The smallest absolute Gasteiger partial charge is 0.153 e. The van der Waals surface area contributed by atoms with Gasteiger partial charge in [-0.1, -0.05) is 6.07 Å². The minimum Gasteiger partial charge on any atom is -0.345 e. The lowest BCUT2D eigenvalue weighted by Crippen LogP contribution is -2.01. The molecule has 4 aromatic rings. The Morgan fingerprint density at radius 1 is 1.29 bits per heavy atom. The van der Waals surface area contributed by atoms with Crippen LogP contribution in [0.15, 0.2) is 36.8 Å². The van der Waals surface area contributed by atoms with Crippen LogP contribution in [-0.4, -0.2) is 41.4 Å². The number of benzene rings is 1. The van der Waals surface area contributed by atoms with Crippen molar-refractivity contribution < 1.29 is 4.79 Å². The molecule has 4 rings (SSSR count). The van der Waals surface area contributed by atoms with Gasteiger partial charge in [0.05, 0.1) is 11.1 Å². The van der Waals surface area contributed by atoms with Gasteiger partial charge in [0.2, 0.25) is 0 Å². The number of carbonyl (C=O) groups excluding carboxylic acids is 1. The third-order valence-electron chi connectivity index (χ3n) is 3.61. The van der Waals surface area contributed by atoms with E-state index in [0.29, 0.717) is 28.2 Å². The first-order valence-corrected chi connectivity index (χ1v) is 7.16. The van der Waals surface area contributed by atoms with Crippen LogP contribution in [0, 0.1) is 6.92 Å². The van der Waals surface area contributed by atoms with E-state index in [1.807, 2.05) is 31.2 Å². The number of anilines is 2. The zero-order valence-corrected chi connectivity index (χ0v) is 12.6. The number of rotatable bonds is 4. The molecule has 0 atom stereocenters. The Balaban J connectivity index is 1.75. The lowest BCUT2D eigenvalue weighted by Gasteiger charge is -2.09. The Hall–Kier alpha value is -3.62. The molecule has 0 spiro atoms. The molecule has 3 heterocycles. The van der Waals surface area contributed by atoms with Gasteiger partial charge in [-0.15, -0.1) is 5.10 Å². The summed E-state index contributed by atoms with van der Waals surface area (Å²) in [5, 5.41) is 15.3. The van der Waals surface area contributed by atoms with Crippen LogP contribution in [-0.2, 0) is 0 Å². The first-order valence-electron chi connectivity index (χ1n) is 7.16. The van der Waals surface area contributed by atoms with Gasteiger partial charge in [-0.3, -0.25) is 4.79 Å². The highest BCUT2D eigenvalue weighted by Gasteiger charge is 2.11. The minimum atomic E-state index is 0.501. The number of aromatic amines is 1. The lowest BCUT2D eigenvalue weighted by atomic mass is 10.2. The molecule has 0 aliphatic heterocycles. The van der Waals surface area contributed by atoms with Crippen LogP contribution in [0.25, 0.3) is 16.7 Å². The molecule has 3 aromatic heterocycles. The van der Waals surface area contributed by atoms with Crippen molar-refractivity contribution in [1.82, 2.24) is 35.2 Å². The number of aromatic nitrogens is 7. The van der Waals surface area contributed by atoms with Gasteiger partial charge in [-0.05, 0) is 35.5 Å². The normalized spacial score (nSPS) is 10.9. The van der Waals surface area contributed by atoms with E-state index in [1.165, 1.54) is 6.33 Å². The SMILES string of the molecule is Cc1nnnn1-c1cccc(Nc2ncnc3[nH]cc(C=O)c23)c1. The summed E-state index contributed by atoms with van der Waals surface area (Å²) in [4.78, 5) is 22.5. The summed E-state index contributed by atoms with van der Waals surface area (Å²) < 4.78 is 1.63. The van der Waals surface area contributed by atoms with E-state index in [2.05, 4.69) is 35.8 Å². The van der Waals surface area contributed by atoms with Gasteiger partial charge in [0.1, 0.15) is 17.8 Å². The van der Waals surface area contributed by atoms with Crippen molar-refractivity contribution in [3.05, 3.63) is 48.2 Å². The van der Waals surface area contributed by atoms with Gasteiger partial charge in [0.15, 0.2) is 12.1 Å². The quantitative estimate of drug-likeness (QED) is 0.551. The third-order valence-corrected chi connectivity index (χ3v) is 3.61. The second-order valence-electron chi connectivity index (χ2n) is 5.12. The highest BCUT2D eigenvalue weighted by atomic mass is 16.1. The molecule has 0 radical (unpaired) electrons. The van der Waals surface area contributed by atoms with Gasteiger partial charge in [0.25, 0.3) is 0 Å². The maximum Gasteiger partial charge on any atom is 0.153 e. The van der Waals surface area contributed by atoms with Crippen LogP contribution in [0.2, 0.25) is 0 Å². The largest absolute Gasteiger partial charge is 0.345 e. The molecular weight excluding hydrogens is 308 g/mol. The molecule has 2 N–H and O–H groups in total. The summed E-state index contributed by atoms with van der Waals surface area (Å²) in [5.41, 5.74) is 2.71. The lowest BCUT2D eigenvalue weighted by molar-refractivity contribution is 0.112. The molecule has 118 valence electrons. The minimum absolute atomic E-state index is 0.501. The van der Waals surface area contributed by atoms with E-state index < -0.39 is 0 Å². The molecule has 9 nitrogen and oxygen atoms in total. The van der Waals surface area contributed by atoms with Gasteiger partial charge >= 0.3 is 0 Å². The molecule has 0 saturated carbocycles. The number of fused-ring (bicyclic) bond motifs is 1. The molecular formula is C15H12N8O. The summed E-state index contributed by atoms with van der Waals surface area (Å²) in [5.74, 6) is 1.24. The molecule has 0 bridgehead atoms. The summed E-state index contributed by atoms with van der Waals surface area (Å²) >= 11 is 0. The summed E-state index contributed by atoms with van der Waals surface area (Å²) in [6, 6.07) is 7.57. The Morgan fingerprint density at radius 2 is 2.21 bits per heavy atom. The van der Waals surface area contributed by atoms with Crippen LogP contribution in [0.3, 0.4) is 0 Å². The topological polar surface area (TPSA) is 114 Å². The second-order valence-corrected chi connectivity index (χ2v) is 5.12. The Morgan fingerprint density at radius 3 is 3.00 bits per heavy atom. The van der Waals surface area contributed by atoms with Crippen LogP contribution < -0.4 is 5.32 Å². The van der Waals surface area contributed by atoms with E-state index in [9.17, 15) is 4.79 Å². The first kappa shape index (κ1) is 14.0. The van der Waals surface area contributed by atoms with Gasteiger partial charge in [-0.2, -0.15) is 4.68 Å². The number of tetrazole rings is 1. The Kier molecular flexibility index (Phi) is 3.23. The van der Waals surface area contributed by atoms with E-state index in [1.54, 1.807) is 10.9 Å². The maximum atomic E-state index is 11.2. The number of H-pyrrole nitrogens is 1. The van der Waals surface area contributed by atoms with Crippen molar-refractivity contribution >= 4 is 28.8 Å². The summed E-state index contributed by atoms with van der Waals surface area (Å²) in [6.07, 6.45) is 3.82. The van der Waals surface area contributed by atoms with E-state index in [0.717, 1.165) is 17.7 Å². The number of carbonyl (C=O) groups is 1. The molecule has 1 aromatic carbocycles. The van der Waals surface area contributed by atoms with Crippen molar-refractivity contribution in [2.45, 2.75) is 6.92 Å². The summed E-state index contributed by atoms with van der Waals surface area (Å²) in [7, 11) is 0. The van der Waals surface area contributed by atoms with Crippen molar-refractivity contribution in [3.8, 4) is 5.69 Å². The first-order chi connectivity index (χ1) is 11.8. The molecule has 0 amide bonds. The summed E-state index contributed by atoms with van der Waals surface area (Å²) in [6.45, 7) is 1.82. The second kappa shape index (κ2) is 5.54. The number of nitrogens with one attached hydrogen (secondary N) is 2. The molecule has 0 aliphatic carbocycles. The van der Waals surface area contributed by atoms with Crippen LogP contribution in [0.5, 0.6) is 0 Å². The zero-order chi connectivity index (χ0) is 16.5. The fourth-order valence-corrected chi connectivity index (χ4v) is 2.50. The Labute approximate surface area is 135 Å². The number of hydrogen-bond donors (Lipinski definition) is 2. The number of aryl methyl sites for hydroxylation is 1. The standard InChI is InChI=1S/C15H12N8O/c1-9-20-21-22-23(9)12-4-2-3-11(5-12)19-15-13-10(7-24)6-16-14(13)17-8-18-15/h2-8H,1H3,(H2,16,17,18,19). The van der Waals surface area contributed by atoms with Gasteiger partial charge < -0.3 is 10.3 Å². The monoisotopic (exact) mass is 320 g/mol. The van der Waals surface area contributed by atoms with Crippen LogP contribution in [0.1, 0.15) is 16.2 Å². The average Bonchev–Trinajstić information content (AvgIpc) is 3.21. The van der Waals surface area contributed by atoms with E-state index in [4.69, 9.17) is 0 Å². The highest BCUT2D eigenvalue weighted by molar-refractivity contribution is 6.02. The predicted molar refractivity (Wildman–Crippen MR) is 86.4 cm³/mol.